The molecular formula is C17H22N4O. The van der Waals surface area contributed by atoms with Gasteiger partial charge in [0.1, 0.15) is 11.6 Å². The summed E-state index contributed by atoms with van der Waals surface area (Å²) in [6.07, 6.45) is 1.90. The fraction of sp³-hybridized carbons (Fsp3) is 0.412. The first kappa shape index (κ1) is 14.8. The SMILES string of the molecule is CCc1cc(N2CCC(N)C2)nc(-c2ccc(OC)cc2)n1. The van der Waals surface area contributed by atoms with Gasteiger partial charge in [0, 0.05) is 36.5 Å². The van der Waals surface area contributed by atoms with Gasteiger partial charge in [0.25, 0.3) is 0 Å². The lowest BCUT2D eigenvalue weighted by Gasteiger charge is -2.18. The summed E-state index contributed by atoms with van der Waals surface area (Å²) in [5, 5.41) is 0. The second-order valence-electron chi connectivity index (χ2n) is 5.62. The van der Waals surface area contributed by atoms with Crippen LogP contribution < -0.4 is 15.4 Å². The van der Waals surface area contributed by atoms with Gasteiger partial charge in [-0.2, -0.15) is 0 Å². The summed E-state index contributed by atoms with van der Waals surface area (Å²) in [4.78, 5) is 11.6. The molecule has 0 amide bonds. The van der Waals surface area contributed by atoms with Crippen molar-refractivity contribution in [3.05, 3.63) is 36.0 Å². The number of nitrogens with zero attached hydrogens (tertiary/aromatic N) is 3. The second-order valence-corrected chi connectivity index (χ2v) is 5.62. The van der Waals surface area contributed by atoms with Crippen LogP contribution in [0, 0.1) is 0 Å². The molecule has 0 bridgehead atoms. The highest BCUT2D eigenvalue weighted by Crippen LogP contribution is 2.24. The average molecular weight is 298 g/mol. The average Bonchev–Trinajstić information content (AvgIpc) is 3.01. The van der Waals surface area contributed by atoms with Crippen LogP contribution >= 0.6 is 0 Å². The molecule has 2 aromatic rings. The van der Waals surface area contributed by atoms with Gasteiger partial charge < -0.3 is 15.4 Å². The first-order valence-electron chi connectivity index (χ1n) is 7.72. The monoisotopic (exact) mass is 298 g/mol. The van der Waals surface area contributed by atoms with E-state index < -0.39 is 0 Å². The zero-order valence-corrected chi connectivity index (χ0v) is 13.1. The normalized spacial score (nSPS) is 17.8. The lowest BCUT2D eigenvalue weighted by Crippen LogP contribution is -2.27. The van der Waals surface area contributed by atoms with Crippen molar-refractivity contribution in [1.82, 2.24) is 9.97 Å². The Morgan fingerprint density at radius 2 is 2.05 bits per heavy atom. The molecule has 5 nitrogen and oxygen atoms in total. The van der Waals surface area contributed by atoms with Crippen molar-refractivity contribution < 1.29 is 4.74 Å². The van der Waals surface area contributed by atoms with Gasteiger partial charge in [-0.25, -0.2) is 9.97 Å². The molecule has 1 saturated heterocycles. The molecule has 1 aromatic carbocycles. The molecule has 22 heavy (non-hydrogen) atoms. The molecule has 1 fully saturated rings. The number of ether oxygens (including phenoxy) is 1. The van der Waals surface area contributed by atoms with Gasteiger partial charge in [-0.15, -0.1) is 0 Å². The molecule has 3 rings (SSSR count). The Bertz CT molecular complexity index is 642. The van der Waals surface area contributed by atoms with Crippen LogP contribution in [0.3, 0.4) is 0 Å². The van der Waals surface area contributed by atoms with Gasteiger partial charge in [0.2, 0.25) is 0 Å². The number of hydrogen-bond donors (Lipinski definition) is 1. The van der Waals surface area contributed by atoms with Gasteiger partial charge in [0.15, 0.2) is 5.82 Å². The molecule has 1 aliphatic heterocycles. The Kier molecular flexibility index (Phi) is 4.24. The first-order chi connectivity index (χ1) is 10.7. The van der Waals surface area contributed by atoms with Crippen molar-refractivity contribution in [2.24, 2.45) is 5.73 Å². The van der Waals surface area contributed by atoms with Crippen LogP contribution in [0.15, 0.2) is 30.3 Å². The molecule has 1 aliphatic rings. The van der Waals surface area contributed by atoms with Crippen molar-refractivity contribution in [2.45, 2.75) is 25.8 Å². The minimum Gasteiger partial charge on any atom is -0.497 e. The van der Waals surface area contributed by atoms with Gasteiger partial charge >= 0.3 is 0 Å². The van der Waals surface area contributed by atoms with E-state index in [1.165, 1.54) is 0 Å². The maximum absolute atomic E-state index is 6.02. The van der Waals surface area contributed by atoms with Crippen LogP contribution in [0.4, 0.5) is 5.82 Å². The van der Waals surface area contributed by atoms with Crippen molar-refractivity contribution >= 4 is 5.82 Å². The van der Waals surface area contributed by atoms with Crippen molar-refractivity contribution in [1.29, 1.82) is 0 Å². The highest BCUT2D eigenvalue weighted by Gasteiger charge is 2.21. The van der Waals surface area contributed by atoms with E-state index in [0.717, 1.165) is 54.6 Å². The quantitative estimate of drug-likeness (QED) is 0.938. The van der Waals surface area contributed by atoms with E-state index >= 15 is 0 Å². The van der Waals surface area contributed by atoms with E-state index in [2.05, 4.69) is 22.9 Å². The van der Waals surface area contributed by atoms with Crippen LogP contribution in [0.25, 0.3) is 11.4 Å². The molecule has 1 aromatic heterocycles. The number of nitrogens with two attached hydrogens (primary N) is 1. The van der Waals surface area contributed by atoms with Crippen LogP contribution in [-0.2, 0) is 6.42 Å². The Balaban J connectivity index is 1.96. The Labute approximate surface area is 131 Å². The number of rotatable bonds is 4. The predicted octanol–water partition coefficient (Wildman–Crippen LogP) is 2.25. The summed E-state index contributed by atoms with van der Waals surface area (Å²) < 4.78 is 5.20. The summed E-state index contributed by atoms with van der Waals surface area (Å²) in [5.41, 5.74) is 8.07. The minimum absolute atomic E-state index is 0.240. The van der Waals surface area contributed by atoms with Gasteiger partial charge in [0.05, 0.1) is 7.11 Å². The standard InChI is InChI=1S/C17H22N4O/c1-3-14-10-16(21-9-8-13(18)11-21)20-17(19-14)12-4-6-15(22-2)7-5-12/h4-7,10,13H,3,8-9,11,18H2,1-2H3. The number of methoxy groups -OCH3 is 1. The molecule has 0 radical (unpaired) electrons. The fourth-order valence-corrected chi connectivity index (χ4v) is 2.69. The van der Waals surface area contributed by atoms with Gasteiger partial charge in [-0.3, -0.25) is 0 Å². The number of hydrogen-bond acceptors (Lipinski definition) is 5. The van der Waals surface area contributed by atoms with E-state index in [1.807, 2.05) is 24.3 Å². The molecular weight excluding hydrogens is 276 g/mol. The van der Waals surface area contributed by atoms with Crippen LogP contribution in [0.5, 0.6) is 5.75 Å². The number of aryl methyl sites for hydroxylation is 1. The topological polar surface area (TPSA) is 64.3 Å². The molecule has 116 valence electrons. The summed E-state index contributed by atoms with van der Waals surface area (Å²) in [7, 11) is 1.66. The smallest absolute Gasteiger partial charge is 0.161 e. The third kappa shape index (κ3) is 3.04. The first-order valence-corrected chi connectivity index (χ1v) is 7.72. The molecule has 0 saturated carbocycles. The summed E-state index contributed by atoms with van der Waals surface area (Å²) in [6.45, 7) is 3.94. The molecule has 0 aliphatic carbocycles. The Morgan fingerprint density at radius 1 is 1.27 bits per heavy atom. The van der Waals surface area contributed by atoms with Crippen molar-refractivity contribution in [3.63, 3.8) is 0 Å². The van der Waals surface area contributed by atoms with E-state index in [1.54, 1.807) is 7.11 Å². The largest absolute Gasteiger partial charge is 0.497 e. The summed E-state index contributed by atoms with van der Waals surface area (Å²) in [6, 6.07) is 10.2. The zero-order valence-electron chi connectivity index (χ0n) is 13.1. The lowest BCUT2D eigenvalue weighted by molar-refractivity contribution is 0.415. The minimum atomic E-state index is 0.240. The lowest BCUT2D eigenvalue weighted by atomic mass is 10.2. The van der Waals surface area contributed by atoms with E-state index in [0.29, 0.717) is 0 Å². The van der Waals surface area contributed by atoms with Gasteiger partial charge in [-0.1, -0.05) is 6.92 Å². The number of aromatic nitrogens is 2. The highest BCUT2D eigenvalue weighted by atomic mass is 16.5. The summed E-state index contributed by atoms with van der Waals surface area (Å²) >= 11 is 0. The van der Waals surface area contributed by atoms with Crippen molar-refractivity contribution in [2.75, 3.05) is 25.1 Å². The third-order valence-corrected chi connectivity index (χ3v) is 4.02. The van der Waals surface area contributed by atoms with Crippen LogP contribution in [0.1, 0.15) is 19.0 Å². The molecule has 1 atom stereocenters. The van der Waals surface area contributed by atoms with E-state index in [4.69, 9.17) is 15.5 Å². The van der Waals surface area contributed by atoms with Crippen LogP contribution in [0.2, 0.25) is 0 Å². The predicted molar refractivity (Wildman–Crippen MR) is 88.2 cm³/mol. The zero-order chi connectivity index (χ0) is 15.5. The maximum Gasteiger partial charge on any atom is 0.161 e. The Hall–Kier alpha value is -2.14. The van der Waals surface area contributed by atoms with E-state index in [9.17, 15) is 0 Å². The molecule has 5 heteroatoms. The molecule has 1 unspecified atom stereocenters. The second kappa shape index (κ2) is 6.32. The van der Waals surface area contributed by atoms with Crippen molar-refractivity contribution in [3.8, 4) is 17.1 Å². The molecule has 2 N–H and O–H groups in total. The van der Waals surface area contributed by atoms with Gasteiger partial charge in [-0.05, 0) is 37.1 Å². The molecule has 0 spiro atoms. The number of benzene rings is 1. The third-order valence-electron chi connectivity index (χ3n) is 4.02. The van der Waals surface area contributed by atoms with E-state index in [-0.39, 0.29) is 6.04 Å². The Morgan fingerprint density at radius 3 is 2.64 bits per heavy atom. The highest BCUT2D eigenvalue weighted by molar-refractivity contribution is 5.59. The fourth-order valence-electron chi connectivity index (χ4n) is 2.69. The summed E-state index contributed by atoms with van der Waals surface area (Å²) in [5.74, 6) is 2.57. The van der Waals surface area contributed by atoms with Crippen LogP contribution in [-0.4, -0.2) is 36.2 Å². The maximum atomic E-state index is 6.02. The molecule has 2 heterocycles. The number of anilines is 1.